The van der Waals surface area contributed by atoms with Crippen molar-refractivity contribution < 1.29 is 14.6 Å². The zero-order chi connectivity index (χ0) is 13.7. The Balaban J connectivity index is 2.08. The highest BCUT2D eigenvalue weighted by Gasteiger charge is 2.20. The monoisotopic (exact) mass is 265 g/mol. The van der Waals surface area contributed by atoms with Crippen LogP contribution in [0.2, 0.25) is 0 Å². The van der Waals surface area contributed by atoms with Crippen LogP contribution in [0, 0.1) is 5.92 Å². The van der Waals surface area contributed by atoms with Crippen LogP contribution in [-0.2, 0) is 6.54 Å². The molecule has 1 heterocycles. The first-order valence-electron chi connectivity index (χ1n) is 6.81. The van der Waals surface area contributed by atoms with Crippen LogP contribution >= 0.6 is 0 Å². The Bertz CT molecular complexity index is 408. The van der Waals surface area contributed by atoms with E-state index in [0.29, 0.717) is 5.92 Å². The van der Waals surface area contributed by atoms with Gasteiger partial charge in [0.15, 0.2) is 0 Å². The van der Waals surface area contributed by atoms with Gasteiger partial charge < -0.3 is 14.6 Å². The van der Waals surface area contributed by atoms with Gasteiger partial charge in [-0.2, -0.15) is 0 Å². The quantitative estimate of drug-likeness (QED) is 0.883. The third-order valence-electron chi connectivity index (χ3n) is 3.74. The van der Waals surface area contributed by atoms with Gasteiger partial charge in [-0.05, 0) is 43.5 Å². The molecule has 0 bridgehead atoms. The molecular weight excluding hydrogens is 242 g/mol. The molecule has 0 aliphatic carbocycles. The van der Waals surface area contributed by atoms with Gasteiger partial charge in [0, 0.05) is 25.3 Å². The van der Waals surface area contributed by atoms with Crippen LogP contribution in [0.5, 0.6) is 11.5 Å². The number of hydrogen-bond acceptors (Lipinski definition) is 4. The standard InChI is InChI=1S/C15H23NO3/c1-18-14-5-6-15(19-2)13(8-14)10-16-7-3-4-12(9-16)11-17/h5-6,8,12,17H,3-4,7,9-11H2,1-2H3/t12-/m1/s1. The second-order valence-electron chi connectivity index (χ2n) is 5.10. The summed E-state index contributed by atoms with van der Waals surface area (Å²) < 4.78 is 10.7. The minimum absolute atomic E-state index is 0.283. The molecule has 0 radical (unpaired) electrons. The summed E-state index contributed by atoms with van der Waals surface area (Å²) in [5, 5.41) is 9.29. The van der Waals surface area contributed by atoms with Crippen LogP contribution in [0.4, 0.5) is 0 Å². The molecule has 106 valence electrons. The van der Waals surface area contributed by atoms with Crippen molar-refractivity contribution in [3.05, 3.63) is 23.8 Å². The van der Waals surface area contributed by atoms with E-state index in [1.54, 1.807) is 14.2 Å². The number of rotatable bonds is 5. The SMILES string of the molecule is COc1ccc(OC)c(CN2CCC[C@@H](CO)C2)c1. The molecule has 1 N–H and O–H groups in total. The fraction of sp³-hybridized carbons (Fsp3) is 0.600. The van der Waals surface area contributed by atoms with Gasteiger partial charge in [-0.3, -0.25) is 4.90 Å². The average molecular weight is 265 g/mol. The number of nitrogens with zero attached hydrogens (tertiary/aromatic N) is 1. The summed E-state index contributed by atoms with van der Waals surface area (Å²) in [4.78, 5) is 2.38. The van der Waals surface area contributed by atoms with Crippen LogP contribution in [0.3, 0.4) is 0 Å². The predicted octanol–water partition coefficient (Wildman–Crippen LogP) is 1.91. The van der Waals surface area contributed by atoms with E-state index in [2.05, 4.69) is 4.90 Å². The van der Waals surface area contributed by atoms with Crippen LogP contribution in [0.25, 0.3) is 0 Å². The molecular formula is C15H23NO3. The zero-order valence-corrected chi connectivity index (χ0v) is 11.8. The van der Waals surface area contributed by atoms with Crippen molar-refractivity contribution in [1.29, 1.82) is 0 Å². The fourth-order valence-corrected chi connectivity index (χ4v) is 2.69. The molecule has 1 atom stereocenters. The topological polar surface area (TPSA) is 41.9 Å². The van der Waals surface area contributed by atoms with Gasteiger partial charge in [0.25, 0.3) is 0 Å². The highest BCUT2D eigenvalue weighted by molar-refractivity contribution is 5.40. The summed E-state index contributed by atoms with van der Waals surface area (Å²) in [6.45, 7) is 3.16. The van der Waals surface area contributed by atoms with Crippen molar-refractivity contribution in [2.75, 3.05) is 33.9 Å². The summed E-state index contributed by atoms with van der Waals surface area (Å²) in [6, 6.07) is 5.89. The Morgan fingerprint density at radius 1 is 1.32 bits per heavy atom. The van der Waals surface area contributed by atoms with E-state index in [-0.39, 0.29) is 6.61 Å². The Morgan fingerprint density at radius 2 is 2.16 bits per heavy atom. The first-order chi connectivity index (χ1) is 9.26. The number of aliphatic hydroxyl groups is 1. The van der Waals surface area contributed by atoms with Gasteiger partial charge in [0.1, 0.15) is 11.5 Å². The van der Waals surface area contributed by atoms with E-state index < -0.39 is 0 Å². The second-order valence-corrected chi connectivity index (χ2v) is 5.10. The van der Waals surface area contributed by atoms with E-state index in [1.165, 1.54) is 0 Å². The van der Waals surface area contributed by atoms with Crippen LogP contribution in [0.15, 0.2) is 18.2 Å². The van der Waals surface area contributed by atoms with Crippen molar-refractivity contribution in [2.45, 2.75) is 19.4 Å². The Kier molecular flexibility index (Phi) is 5.05. The van der Waals surface area contributed by atoms with E-state index >= 15 is 0 Å². The molecule has 1 saturated heterocycles. The van der Waals surface area contributed by atoms with Crippen molar-refractivity contribution >= 4 is 0 Å². The zero-order valence-electron chi connectivity index (χ0n) is 11.8. The lowest BCUT2D eigenvalue weighted by atomic mass is 9.98. The molecule has 0 aromatic heterocycles. The molecule has 0 amide bonds. The smallest absolute Gasteiger partial charge is 0.123 e. The van der Waals surface area contributed by atoms with Gasteiger partial charge in [-0.15, -0.1) is 0 Å². The second kappa shape index (κ2) is 6.78. The minimum atomic E-state index is 0.283. The molecule has 1 aromatic rings. The number of aliphatic hydroxyl groups excluding tert-OH is 1. The van der Waals surface area contributed by atoms with E-state index in [0.717, 1.165) is 49.5 Å². The van der Waals surface area contributed by atoms with E-state index in [4.69, 9.17) is 9.47 Å². The molecule has 4 nitrogen and oxygen atoms in total. The number of piperidine rings is 1. The maximum absolute atomic E-state index is 9.29. The lowest BCUT2D eigenvalue weighted by Gasteiger charge is -2.32. The highest BCUT2D eigenvalue weighted by Crippen LogP contribution is 2.27. The molecule has 0 unspecified atom stereocenters. The van der Waals surface area contributed by atoms with Crippen LogP contribution in [-0.4, -0.2) is 43.9 Å². The highest BCUT2D eigenvalue weighted by atomic mass is 16.5. The number of methoxy groups -OCH3 is 2. The fourth-order valence-electron chi connectivity index (χ4n) is 2.69. The lowest BCUT2D eigenvalue weighted by Crippen LogP contribution is -2.36. The van der Waals surface area contributed by atoms with Gasteiger partial charge in [0.05, 0.1) is 14.2 Å². The first kappa shape index (κ1) is 14.2. The van der Waals surface area contributed by atoms with Crippen LogP contribution in [0.1, 0.15) is 18.4 Å². The third kappa shape index (κ3) is 3.61. The summed E-state index contributed by atoms with van der Waals surface area (Å²) >= 11 is 0. The summed E-state index contributed by atoms with van der Waals surface area (Å²) in [5.41, 5.74) is 1.14. The number of likely N-dealkylation sites (tertiary alicyclic amines) is 1. The van der Waals surface area contributed by atoms with Crippen molar-refractivity contribution in [3.63, 3.8) is 0 Å². The van der Waals surface area contributed by atoms with Crippen molar-refractivity contribution in [2.24, 2.45) is 5.92 Å². The van der Waals surface area contributed by atoms with E-state index in [1.807, 2.05) is 18.2 Å². The Labute approximate surface area is 114 Å². The minimum Gasteiger partial charge on any atom is -0.497 e. The summed E-state index contributed by atoms with van der Waals surface area (Å²) in [5.74, 6) is 2.16. The maximum atomic E-state index is 9.29. The van der Waals surface area contributed by atoms with E-state index in [9.17, 15) is 5.11 Å². The van der Waals surface area contributed by atoms with Gasteiger partial charge in [-0.25, -0.2) is 0 Å². The molecule has 1 aliphatic heterocycles. The summed E-state index contributed by atoms with van der Waals surface area (Å²) in [6.07, 6.45) is 2.28. The molecule has 4 heteroatoms. The van der Waals surface area contributed by atoms with Crippen molar-refractivity contribution in [1.82, 2.24) is 4.90 Å². The van der Waals surface area contributed by atoms with Gasteiger partial charge in [-0.1, -0.05) is 0 Å². The predicted molar refractivity (Wildman–Crippen MR) is 74.6 cm³/mol. The largest absolute Gasteiger partial charge is 0.497 e. The molecule has 1 fully saturated rings. The molecule has 19 heavy (non-hydrogen) atoms. The van der Waals surface area contributed by atoms with Crippen LogP contribution < -0.4 is 9.47 Å². The van der Waals surface area contributed by atoms with Gasteiger partial charge in [0.2, 0.25) is 0 Å². The van der Waals surface area contributed by atoms with Crippen molar-refractivity contribution in [3.8, 4) is 11.5 Å². The third-order valence-corrected chi connectivity index (χ3v) is 3.74. The maximum Gasteiger partial charge on any atom is 0.123 e. The number of hydrogen-bond donors (Lipinski definition) is 1. The Hall–Kier alpha value is -1.26. The summed E-state index contributed by atoms with van der Waals surface area (Å²) in [7, 11) is 3.37. The lowest BCUT2D eigenvalue weighted by molar-refractivity contribution is 0.115. The number of ether oxygens (including phenoxy) is 2. The Morgan fingerprint density at radius 3 is 2.84 bits per heavy atom. The molecule has 1 aliphatic rings. The van der Waals surface area contributed by atoms with Gasteiger partial charge >= 0.3 is 0 Å². The number of benzene rings is 1. The molecule has 0 saturated carbocycles. The molecule has 2 rings (SSSR count). The normalized spacial score (nSPS) is 20.3. The average Bonchev–Trinajstić information content (AvgIpc) is 2.47. The molecule has 0 spiro atoms. The first-order valence-corrected chi connectivity index (χ1v) is 6.81. The molecule has 1 aromatic carbocycles.